The van der Waals surface area contributed by atoms with Gasteiger partial charge in [-0.1, -0.05) is 31.9 Å². The molecule has 0 radical (unpaired) electrons. The zero-order valence-electron chi connectivity index (χ0n) is 11.6. The molecule has 0 heterocycles. The van der Waals surface area contributed by atoms with Crippen molar-refractivity contribution in [3.8, 4) is 0 Å². The Morgan fingerprint density at radius 1 is 1.37 bits per heavy atom. The Kier molecular flexibility index (Phi) is 4.58. The predicted molar refractivity (Wildman–Crippen MR) is 75.4 cm³/mol. The van der Waals surface area contributed by atoms with Gasteiger partial charge in [0.2, 0.25) is 0 Å². The van der Waals surface area contributed by atoms with E-state index in [1.165, 1.54) is 25.0 Å². The predicted octanol–water partition coefficient (Wildman–Crippen LogP) is 3.20. The smallest absolute Gasteiger partial charge is 0.123 e. The van der Waals surface area contributed by atoms with Crippen LogP contribution in [-0.2, 0) is 0 Å². The maximum atomic E-state index is 13.4. The molecule has 0 amide bonds. The molecule has 3 N–H and O–H groups in total. The van der Waals surface area contributed by atoms with Gasteiger partial charge in [-0.05, 0) is 42.4 Å². The zero-order chi connectivity index (χ0) is 13.9. The van der Waals surface area contributed by atoms with Crippen LogP contribution in [0.3, 0.4) is 0 Å². The van der Waals surface area contributed by atoms with Crippen LogP contribution >= 0.6 is 0 Å². The third-order valence-electron chi connectivity index (χ3n) is 4.84. The first-order valence-corrected chi connectivity index (χ1v) is 7.26. The Morgan fingerprint density at radius 2 is 2.05 bits per heavy atom. The molecular weight excluding hydrogens is 241 g/mol. The third-order valence-corrected chi connectivity index (χ3v) is 4.84. The number of aliphatic hydroxyl groups is 1. The molecule has 1 aliphatic rings. The SMILES string of the molecule is CCC1(C(O)C(CN)c2cccc(F)c2)CCCC1. The fraction of sp³-hybridized carbons (Fsp3) is 0.625. The van der Waals surface area contributed by atoms with Crippen LogP contribution in [0.5, 0.6) is 0 Å². The fourth-order valence-corrected chi connectivity index (χ4v) is 3.55. The summed E-state index contributed by atoms with van der Waals surface area (Å²) in [7, 11) is 0. The van der Waals surface area contributed by atoms with Crippen LogP contribution in [0.2, 0.25) is 0 Å². The van der Waals surface area contributed by atoms with Crippen molar-refractivity contribution in [2.75, 3.05) is 6.54 Å². The summed E-state index contributed by atoms with van der Waals surface area (Å²) in [6, 6.07) is 6.48. The van der Waals surface area contributed by atoms with E-state index in [-0.39, 0.29) is 17.2 Å². The Bertz CT molecular complexity index is 415. The highest BCUT2D eigenvalue weighted by molar-refractivity contribution is 5.23. The van der Waals surface area contributed by atoms with E-state index in [0.29, 0.717) is 6.54 Å². The quantitative estimate of drug-likeness (QED) is 0.858. The summed E-state index contributed by atoms with van der Waals surface area (Å²) in [5, 5.41) is 10.8. The summed E-state index contributed by atoms with van der Waals surface area (Å²) < 4.78 is 13.4. The topological polar surface area (TPSA) is 46.2 Å². The normalized spacial score (nSPS) is 21.3. The minimum absolute atomic E-state index is 0.0314. The molecule has 1 fully saturated rings. The van der Waals surface area contributed by atoms with Gasteiger partial charge in [0.05, 0.1) is 6.10 Å². The maximum Gasteiger partial charge on any atom is 0.123 e. The van der Waals surface area contributed by atoms with Crippen LogP contribution in [0.4, 0.5) is 4.39 Å². The number of nitrogens with two attached hydrogens (primary N) is 1. The van der Waals surface area contributed by atoms with E-state index < -0.39 is 6.10 Å². The van der Waals surface area contributed by atoms with E-state index in [4.69, 9.17) is 5.73 Å². The van der Waals surface area contributed by atoms with Crippen molar-refractivity contribution in [1.82, 2.24) is 0 Å². The lowest BCUT2D eigenvalue weighted by Gasteiger charge is -2.38. The largest absolute Gasteiger partial charge is 0.392 e. The number of halogens is 1. The summed E-state index contributed by atoms with van der Waals surface area (Å²) in [5.74, 6) is -0.436. The van der Waals surface area contributed by atoms with Gasteiger partial charge in [-0.2, -0.15) is 0 Å². The minimum Gasteiger partial charge on any atom is -0.392 e. The molecule has 1 saturated carbocycles. The molecule has 1 aromatic carbocycles. The van der Waals surface area contributed by atoms with E-state index in [2.05, 4.69) is 6.92 Å². The van der Waals surface area contributed by atoms with Crippen molar-refractivity contribution in [3.63, 3.8) is 0 Å². The maximum absolute atomic E-state index is 13.4. The van der Waals surface area contributed by atoms with E-state index in [9.17, 15) is 9.50 Å². The second-order valence-electron chi connectivity index (χ2n) is 5.77. The van der Waals surface area contributed by atoms with E-state index in [1.807, 2.05) is 6.07 Å². The second-order valence-corrected chi connectivity index (χ2v) is 5.77. The average molecular weight is 265 g/mol. The summed E-state index contributed by atoms with van der Waals surface area (Å²) in [5.41, 5.74) is 6.64. The number of aliphatic hydroxyl groups excluding tert-OH is 1. The van der Waals surface area contributed by atoms with E-state index in [1.54, 1.807) is 6.07 Å². The highest BCUT2D eigenvalue weighted by Crippen LogP contribution is 2.47. The van der Waals surface area contributed by atoms with Gasteiger partial charge in [-0.3, -0.25) is 0 Å². The van der Waals surface area contributed by atoms with Crippen LogP contribution in [-0.4, -0.2) is 17.8 Å². The number of rotatable bonds is 5. The van der Waals surface area contributed by atoms with Crippen molar-refractivity contribution in [1.29, 1.82) is 0 Å². The number of benzene rings is 1. The van der Waals surface area contributed by atoms with Gasteiger partial charge in [0, 0.05) is 12.5 Å². The number of hydrogen-bond acceptors (Lipinski definition) is 2. The molecule has 106 valence electrons. The van der Waals surface area contributed by atoms with Gasteiger partial charge in [-0.25, -0.2) is 4.39 Å². The monoisotopic (exact) mass is 265 g/mol. The molecule has 2 atom stereocenters. The molecule has 0 bridgehead atoms. The molecule has 0 spiro atoms. The fourth-order valence-electron chi connectivity index (χ4n) is 3.55. The first kappa shape index (κ1) is 14.5. The van der Waals surface area contributed by atoms with Crippen molar-refractivity contribution in [2.24, 2.45) is 11.1 Å². The first-order valence-electron chi connectivity index (χ1n) is 7.26. The summed E-state index contributed by atoms with van der Waals surface area (Å²) in [6.07, 6.45) is 4.93. The molecule has 2 nitrogen and oxygen atoms in total. The van der Waals surface area contributed by atoms with Crippen LogP contribution < -0.4 is 5.73 Å². The van der Waals surface area contributed by atoms with Gasteiger partial charge in [-0.15, -0.1) is 0 Å². The van der Waals surface area contributed by atoms with Gasteiger partial charge in [0.1, 0.15) is 5.82 Å². The van der Waals surface area contributed by atoms with Gasteiger partial charge >= 0.3 is 0 Å². The standard InChI is InChI=1S/C16H24FNO/c1-2-16(8-3-4-9-16)15(19)14(11-18)12-6-5-7-13(17)10-12/h5-7,10,14-15,19H,2-4,8-9,11,18H2,1H3. The van der Waals surface area contributed by atoms with Crippen molar-refractivity contribution in [3.05, 3.63) is 35.6 Å². The molecule has 2 unspecified atom stereocenters. The van der Waals surface area contributed by atoms with Crippen LogP contribution in [0.25, 0.3) is 0 Å². The average Bonchev–Trinajstić information content (AvgIpc) is 2.89. The highest BCUT2D eigenvalue weighted by atomic mass is 19.1. The summed E-state index contributed by atoms with van der Waals surface area (Å²) >= 11 is 0. The van der Waals surface area contributed by atoms with Gasteiger partial charge < -0.3 is 10.8 Å². The van der Waals surface area contributed by atoms with Gasteiger partial charge in [0.15, 0.2) is 0 Å². The lowest BCUT2D eigenvalue weighted by atomic mass is 9.71. The molecule has 3 heteroatoms. The van der Waals surface area contributed by atoms with Crippen LogP contribution in [0, 0.1) is 11.2 Å². The third kappa shape index (κ3) is 2.82. The van der Waals surface area contributed by atoms with Crippen LogP contribution in [0.1, 0.15) is 50.5 Å². The van der Waals surface area contributed by atoms with Crippen molar-refractivity contribution in [2.45, 2.75) is 51.0 Å². The Balaban J connectivity index is 2.26. The lowest BCUT2D eigenvalue weighted by Crippen LogP contribution is -2.40. The van der Waals surface area contributed by atoms with E-state index >= 15 is 0 Å². The molecule has 1 aliphatic carbocycles. The Morgan fingerprint density at radius 3 is 2.58 bits per heavy atom. The first-order chi connectivity index (χ1) is 9.13. The molecule has 0 aliphatic heterocycles. The Hall–Kier alpha value is -0.930. The summed E-state index contributed by atoms with van der Waals surface area (Å²) in [6.45, 7) is 2.49. The zero-order valence-corrected chi connectivity index (χ0v) is 11.6. The molecule has 0 saturated heterocycles. The molecule has 1 aromatic rings. The van der Waals surface area contributed by atoms with Crippen molar-refractivity contribution >= 4 is 0 Å². The summed E-state index contributed by atoms with van der Waals surface area (Å²) in [4.78, 5) is 0. The van der Waals surface area contributed by atoms with Crippen LogP contribution in [0.15, 0.2) is 24.3 Å². The molecule has 2 rings (SSSR count). The van der Waals surface area contributed by atoms with E-state index in [0.717, 1.165) is 24.8 Å². The second kappa shape index (κ2) is 6.02. The molecule has 0 aromatic heterocycles. The number of hydrogen-bond donors (Lipinski definition) is 2. The Labute approximate surface area is 114 Å². The van der Waals surface area contributed by atoms with Crippen molar-refractivity contribution < 1.29 is 9.50 Å². The lowest BCUT2D eigenvalue weighted by molar-refractivity contribution is 0.00595. The highest BCUT2D eigenvalue weighted by Gasteiger charge is 2.42. The molecular formula is C16H24FNO. The molecule has 19 heavy (non-hydrogen) atoms. The minimum atomic E-state index is -0.480. The van der Waals surface area contributed by atoms with Gasteiger partial charge in [0.25, 0.3) is 0 Å².